The minimum absolute atomic E-state index is 0.0303. The number of primary sulfonamides is 1. The van der Waals surface area contributed by atoms with Crippen molar-refractivity contribution in [2.24, 2.45) is 11.1 Å². The van der Waals surface area contributed by atoms with Gasteiger partial charge in [0, 0.05) is 17.8 Å². The number of hydrogen-bond acceptors (Lipinski definition) is 4. The molecule has 1 aromatic heterocycles. The Balaban J connectivity index is 2.11. The van der Waals surface area contributed by atoms with Crippen LogP contribution in [0.15, 0.2) is 29.2 Å². The van der Waals surface area contributed by atoms with Crippen LogP contribution in [-0.4, -0.2) is 24.1 Å². The Labute approximate surface area is 161 Å². The van der Waals surface area contributed by atoms with E-state index in [0.717, 1.165) is 23.5 Å². The highest BCUT2D eigenvalue weighted by Crippen LogP contribution is 2.19. The van der Waals surface area contributed by atoms with Crippen LogP contribution in [0.3, 0.4) is 0 Å². The van der Waals surface area contributed by atoms with Crippen molar-refractivity contribution in [2.45, 2.75) is 58.5 Å². The number of sulfonamides is 1. The standard InChI is InChI=1S/C19H28N4O3S/c1-12(2)11-23-15(5)18(14(4)22-23)10-19(24)21-13(3)16-7-6-8-17(9-16)27(20,25)26/h6-9,12-13H,10-11H2,1-5H3,(H,21,24)(H2,20,25,26). The maximum Gasteiger partial charge on any atom is 0.238 e. The molecule has 0 aliphatic carbocycles. The van der Waals surface area contributed by atoms with Crippen LogP contribution in [0.4, 0.5) is 0 Å². The number of nitrogens with two attached hydrogens (primary N) is 1. The van der Waals surface area contributed by atoms with E-state index in [2.05, 4.69) is 24.3 Å². The summed E-state index contributed by atoms with van der Waals surface area (Å²) in [4.78, 5) is 12.6. The molecule has 1 aromatic carbocycles. The maximum absolute atomic E-state index is 12.5. The van der Waals surface area contributed by atoms with Gasteiger partial charge in [0.05, 0.1) is 23.1 Å². The molecule has 0 saturated heterocycles. The van der Waals surface area contributed by atoms with Gasteiger partial charge in [-0.05, 0) is 44.4 Å². The highest BCUT2D eigenvalue weighted by Gasteiger charge is 2.18. The first-order chi connectivity index (χ1) is 12.5. The number of aromatic nitrogens is 2. The highest BCUT2D eigenvalue weighted by molar-refractivity contribution is 7.89. The van der Waals surface area contributed by atoms with Crippen molar-refractivity contribution in [3.05, 3.63) is 46.8 Å². The quantitative estimate of drug-likeness (QED) is 0.753. The van der Waals surface area contributed by atoms with Gasteiger partial charge in [-0.2, -0.15) is 5.10 Å². The van der Waals surface area contributed by atoms with Crippen molar-refractivity contribution in [3.8, 4) is 0 Å². The zero-order valence-corrected chi connectivity index (χ0v) is 17.3. The molecule has 7 nitrogen and oxygen atoms in total. The Morgan fingerprint density at radius 1 is 1.26 bits per heavy atom. The van der Waals surface area contributed by atoms with Crippen LogP contribution in [-0.2, 0) is 27.8 Å². The largest absolute Gasteiger partial charge is 0.349 e. The smallest absolute Gasteiger partial charge is 0.238 e. The molecule has 1 amide bonds. The van der Waals surface area contributed by atoms with Gasteiger partial charge in [0.15, 0.2) is 0 Å². The third-order valence-electron chi connectivity index (χ3n) is 4.47. The summed E-state index contributed by atoms with van der Waals surface area (Å²) in [5.41, 5.74) is 3.46. The predicted molar refractivity (Wildman–Crippen MR) is 105 cm³/mol. The molecule has 0 aliphatic rings. The zero-order chi connectivity index (χ0) is 20.4. The number of carbonyl (C=O) groups excluding carboxylic acids is 1. The van der Waals surface area contributed by atoms with E-state index in [1.165, 1.54) is 12.1 Å². The number of nitrogens with one attached hydrogen (secondary N) is 1. The molecule has 0 aliphatic heterocycles. The lowest BCUT2D eigenvalue weighted by Gasteiger charge is -2.15. The molecular formula is C19H28N4O3S. The number of carbonyl (C=O) groups is 1. The minimum Gasteiger partial charge on any atom is -0.349 e. The topological polar surface area (TPSA) is 107 Å². The molecule has 1 atom stereocenters. The second-order valence-electron chi connectivity index (χ2n) is 7.31. The van der Waals surface area contributed by atoms with Crippen molar-refractivity contribution in [3.63, 3.8) is 0 Å². The van der Waals surface area contributed by atoms with Gasteiger partial charge >= 0.3 is 0 Å². The molecule has 0 saturated carbocycles. The van der Waals surface area contributed by atoms with Gasteiger partial charge in [0.25, 0.3) is 0 Å². The minimum atomic E-state index is -3.78. The van der Waals surface area contributed by atoms with Crippen molar-refractivity contribution in [2.75, 3.05) is 0 Å². The molecule has 1 heterocycles. The number of nitrogens with zero attached hydrogens (tertiary/aromatic N) is 2. The summed E-state index contributed by atoms with van der Waals surface area (Å²) < 4.78 is 25.0. The predicted octanol–water partition coefficient (Wildman–Crippen LogP) is 2.22. The summed E-state index contributed by atoms with van der Waals surface area (Å²) in [5.74, 6) is 0.328. The third-order valence-corrected chi connectivity index (χ3v) is 5.38. The fourth-order valence-electron chi connectivity index (χ4n) is 3.01. The molecule has 2 rings (SSSR count). The lowest BCUT2D eigenvalue weighted by molar-refractivity contribution is -0.121. The third kappa shape index (κ3) is 5.40. The fourth-order valence-corrected chi connectivity index (χ4v) is 3.58. The summed E-state index contributed by atoms with van der Waals surface area (Å²) in [6.07, 6.45) is 0.231. The van der Waals surface area contributed by atoms with Gasteiger partial charge in [-0.1, -0.05) is 26.0 Å². The van der Waals surface area contributed by atoms with E-state index in [4.69, 9.17) is 5.14 Å². The Hall–Kier alpha value is -2.19. The van der Waals surface area contributed by atoms with Crippen LogP contribution in [0.2, 0.25) is 0 Å². The zero-order valence-electron chi connectivity index (χ0n) is 16.5. The van der Waals surface area contributed by atoms with Gasteiger partial charge < -0.3 is 5.32 Å². The average molecular weight is 393 g/mol. The summed E-state index contributed by atoms with van der Waals surface area (Å²) in [7, 11) is -3.78. The number of amides is 1. The van der Waals surface area contributed by atoms with Crippen LogP contribution in [0.25, 0.3) is 0 Å². The van der Waals surface area contributed by atoms with Crippen molar-refractivity contribution >= 4 is 15.9 Å². The van der Waals surface area contributed by atoms with Crippen LogP contribution >= 0.6 is 0 Å². The Kier molecular flexibility index (Phi) is 6.43. The molecule has 8 heteroatoms. The lowest BCUT2D eigenvalue weighted by Crippen LogP contribution is -2.28. The maximum atomic E-state index is 12.5. The Bertz CT molecular complexity index is 932. The second kappa shape index (κ2) is 8.22. The summed E-state index contributed by atoms with van der Waals surface area (Å²) >= 11 is 0. The average Bonchev–Trinajstić information content (AvgIpc) is 2.81. The molecule has 3 N–H and O–H groups in total. The molecule has 1 unspecified atom stereocenters. The number of hydrogen-bond donors (Lipinski definition) is 2. The van der Waals surface area contributed by atoms with E-state index in [-0.39, 0.29) is 23.3 Å². The van der Waals surface area contributed by atoms with Crippen molar-refractivity contribution < 1.29 is 13.2 Å². The van der Waals surface area contributed by atoms with Gasteiger partial charge in [-0.3, -0.25) is 9.48 Å². The van der Waals surface area contributed by atoms with Crippen molar-refractivity contribution in [1.29, 1.82) is 0 Å². The second-order valence-corrected chi connectivity index (χ2v) is 8.87. The molecule has 2 aromatic rings. The summed E-state index contributed by atoms with van der Waals surface area (Å²) in [5, 5.41) is 12.6. The molecule has 0 bridgehead atoms. The SMILES string of the molecule is Cc1nn(CC(C)C)c(C)c1CC(=O)NC(C)c1cccc(S(N)(=O)=O)c1. The normalized spacial score (nSPS) is 13.0. The van der Waals surface area contributed by atoms with E-state index in [1.54, 1.807) is 12.1 Å². The molecule has 27 heavy (non-hydrogen) atoms. The van der Waals surface area contributed by atoms with Crippen LogP contribution in [0.5, 0.6) is 0 Å². The number of aryl methyl sites for hydroxylation is 1. The van der Waals surface area contributed by atoms with E-state index in [0.29, 0.717) is 11.5 Å². The molecule has 0 spiro atoms. The van der Waals surface area contributed by atoms with E-state index in [1.807, 2.05) is 25.5 Å². The van der Waals surface area contributed by atoms with Crippen LogP contribution in [0, 0.1) is 19.8 Å². The van der Waals surface area contributed by atoms with E-state index in [9.17, 15) is 13.2 Å². The van der Waals surface area contributed by atoms with Gasteiger partial charge in [-0.15, -0.1) is 0 Å². The van der Waals surface area contributed by atoms with Crippen LogP contribution < -0.4 is 10.5 Å². The van der Waals surface area contributed by atoms with Gasteiger partial charge in [-0.25, -0.2) is 13.6 Å². The highest BCUT2D eigenvalue weighted by atomic mass is 32.2. The first-order valence-corrected chi connectivity index (χ1v) is 10.5. The van der Waals surface area contributed by atoms with Crippen LogP contribution in [0.1, 0.15) is 49.3 Å². The fraction of sp³-hybridized carbons (Fsp3) is 0.474. The summed E-state index contributed by atoms with van der Waals surface area (Å²) in [6.45, 7) is 10.8. The Morgan fingerprint density at radius 2 is 1.93 bits per heavy atom. The first-order valence-electron chi connectivity index (χ1n) is 8.94. The first kappa shape index (κ1) is 21.1. The summed E-state index contributed by atoms with van der Waals surface area (Å²) in [6, 6.07) is 5.95. The molecule has 148 valence electrons. The monoisotopic (exact) mass is 392 g/mol. The van der Waals surface area contributed by atoms with E-state index < -0.39 is 10.0 Å². The van der Waals surface area contributed by atoms with Crippen molar-refractivity contribution in [1.82, 2.24) is 15.1 Å². The molecule has 0 radical (unpaired) electrons. The molecular weight excluding hydrogens is 364 g/mol. The van der Waals surface area contributed by atoms with Gasteiger partial charge in [0.1, 0.15) is 0 Å². The Morgan fingerprint density at radius 3 is 2.52 bits per heavy atom. The number of rotatable bonds is 7. The number of benzene rings is 1. The van der Waals surface area contributed by atoms with Gasteiger partial charge in [0.2, 0.25) is 15.9 Å². The van der Waals surface area contributed by atoms with E-state index >= 15 is 0 Å². The molecule has 0 fully saturated rings. The lowest BCUT2D eigenvalue weighted by atomic mass is 10.1.